The minimum absolute atomic E-state index is 0.0512. The molecule has 0 unspecified atom stereocenters. The van der Waals surface area contributed by atoms with Crippen LogP contribution >= 0.6 is 0 Å². The van der Waals surface area contributed by atoms with Gasteiger partial charge in [-0.25, -0.2) is 14.4 Å². The molecule has 8 nitrogen and oxygen atoms in total. The summed E-state index contributed by atoms with van der Waals surface area (Å²) in [5.41, 5.74) is 2.24. The number of ether oxygens (including phenoxy) is 1. The molecule has 1 aliphatic carbocycles. The predicted octanol–water partition coefficient (Wildman–Crippen LogP) is 5.12. The van der Waals surface area contributed by atoms with E-state index in [1.807, 2.05) is 32.9 Å². The normalized spacial score (nSPS) is 14.5. The number of hydrogen-bond acceptors (Lipinski definition) is 8. The molecule has 0 spiro atoms. The van der Waals surface area contributed by atoms with E-state index in [-0.39, 0.29) is 18.0 Å². The number of nitrogens with one attached hydrogen (secondary N) is 2. The maximum Gasteiger partial charge on any atom is 0.225 e. The Bertz CT molecular complexity index is 1030. The van der Waals surface area contributed by atoms with Gasteiger partial charge in [0.15, 0.2) is 17.4 Å². The largest absolute Gasteiger partial charge is 0.489 e. The smallest absolute Gasteiger partial charge is 0.225 e. The monoisotopic (exact) mass is 440 g/mol. The maximum absolute atomic E-state index is 13.9. The summed E-state index contributed by atoms with van der Waals surface area (Å²) >= 11 is 0. The van der Waals surface area contributed by atoms with Crippen molar-refractivity contribution in [2.75, 3.05) is 10.6 Å². The fourth-order valence-electron chi connectivity index (χ4n) is 3.75. The Morgan fingerprint density at radius 1 is 1.16 bits per heavy atom. The highest BCUT2D eigenvalue weighted by atomic mass is 19.1. The summed E-state index contributed by atoms with van der Waals surface area (Å²) in [4.78, 5) is 12.8. The molecule has 0 aromatic carbocycles. The van der Waals surface area contributed by atoms with Crippen LogP contribution in [0, 0.1) is 12.7 Å². The molecule has 0 amide bonds. The van der Waals surface area contributed by atoms with E-state index in [9.17, 15) is 4.39 Å². The van der Waals surface area contributed by atoms with E-state index >= 15 is 0 Å². The first-order chi connectivity index (χ1) is 15.5. The third kappa shape index (κ3) is 5.33. The molecule has 9 heteroatoms. The molecule has 2 N–H and O–H groups in total. The lowest BCUT2D eigenvalue weighted by Crippen LogP contribution is -2.19. The van der Waals surface area contributed by atoms with E-state index in [1.165, 1.54) is 19.3 Å². The lowest BCUT2D eigenvalue weighted by molar-refractivity contribution is 0.154. The van der Waals surface area contributed by atoms with Crippen molar-refractivity contribution in [3.63, 3.8) is 0 Å². The van der Waals surface area contributed by atoms with Crippen LogP contribution in [0.4, 0.5) is 16.2 Å². The van der Waals surface area contributed by atoms with E-state index in [2.05, 4.69) is 30.7 Å². The van der Waals surface area contributed by atoms with Gasteiger partial charge < -0.3 is 19.9 Å². The average Bonchev–Trinajstić information content (AvgIpc) is 3.15. The number of rotatable bonds is 8. The van der Waals surface area contributed by atoms with Crippen LogP contribution in [-0.2, 0) is 6.54 Å². The SMILES string of the molecule is Cc1noc(-c2ccc(OC3CCCCC3)cn2)c1CNc1ncc(F)c(NC(C)C)n1. The minimum atomic E-state index is -0.495. The molecule has 3 aromatic rings. The third-order valence-electron chi connectivity index (χ3n) is 5.40. The summed E-state index contributed by atoms with van der Waals surface area (Å²) in [5.74, 6) is 1.31. The third-order valence-corrected chi connectivity index (χ3v) is 5.40. The zero-order chi connectivity index (χ0) is 22.5. The van der Waals surface area contributed by atoms with Crippen LogP contribution in [0.2, 0.25) is 0 Å². The van der Waals surface area contributed by atoms with E-state index in [0.29, 0.717) is 23.9 Å². The van der Waals surface area contributed by atoms with Crippen LogP contribution in [0.1, 0.15) is 57.2 Å². The van der Waals surface area contributed by atoms with Crippen LogP contribution in [0.25, 0.3) is 11.5 Å². The standard InChI is InChI=1S/C23H29FN6O2/c1-14(2)28-22-19(24)13-27-23(29-22)26-12-18-15(3)30-32-21(18)20-10-9-17(11-25-20)31-16-7-5-4-6-8-16/h9-11,13-14,16H,4-8,12H2,1-3H3,(H2,26,27,28,29). The summed E-state index contributed by atoms with van der Waals surface area (Å²) in [5, 5.41) is 10.2. The van der Waals surface area contributed by atoms with Gasteiger partial charge >= 0.3 is 0 Å². The summed E-state index contributed by atoms with van der Waals surface area (Å²) < 4.78 is 25.5. The molecule has 32 heavy (non-hydrogen) atoms. The molecule has 1 fully saturated rings. The second kappa shape index (κ2) is 9.93. The Labute approximate surface area is 187 Å². The maximum atomic E-state index is 13.9. The Kier molecular flexibility index (Phi) is 6.82. The van der Waals surface area contributed by atoms with Gasteiger partial charge in [0.2, 0.25) is 5.95 Å². The zero-order valence-electron chi connectivity index (χ0n) is 18.7. The first kappa shape index (κ1) is 22.0. The topological polar surface area (TPSA) is 98.0 Å². The molecule has 0 saturated heterocycles. The van der Waals surface area contributed by atoms with Gasteiger partial charge in [0.05, 0.1) is 24.2 Å². The van der Waals surface area contributed by atoms with Gasteiger partial charge in [0.1, 0.15) is 11.4 Å². The molecule has 4 rings (SSSR count). The molecule has 0 bridgehead atoms. The highest BCUT2D eigenvalue weighted by Gasteiger charge is 2.18. The van der Waals surface area contributed by atoms with Gasteiger partial charge in [-0.15, -0.1) is 0 Å². The Morgan fingerprint density at radius 3 is 2.69 bits per heavy atom. The first-order valence-electron chi connectivity index (χ1n) is 11.1. The van der Waals surface area contributed by atoms with Crippen molar-refractivity contribution in [3.05, 3.63) is 41.6 Å². The lowest BCUT2D eigenvalue weighted by atomic mass is 9.98. The summed E-state index contributed by atoms with van der Waals surface area (Å²) in [6, 6.07) is 3.84. The average molecular weight is 441 g/mol. The number of pyridine rings is 1. The van der Waals surface area contributed by atoms with Crippen LogP contribution in [0.15, 0.2) is 29.0 Å². The number of aryl methyl sites for hydroxylation is 1. The van der Waals surface area contributed by atoms with Crippen molar-refractivity contribution in [1.29, 1.82) is 0 Å². The zero-order valence-corrected chi connectivity index (χ0v) is 18.7. The van der Waals surface area contributed by atoms with Crippen molar-refractivity contribution in [3.8, 4) is 17.2 Å². The van der Waals surface area contributed by atoms with E-state index in [0.717, 1.165) is 36.0 Å². The molecular weight excluding hydrogens is 411 g/mol. The quantitative estimate of drug-likeness (QED) is 0.498. The summed E-state index contributed by atoms with van der Waals surface area (Å²) in [6.07, 6.45) is 9.07. The van der Waals surface area contributed by atoms with Crippen LogP contribution in [0.3, 0.4) is 0 Å². The van der Waals surface area contributed by atoms with Crippen LogP contribution in [0.5, 0.6) is 5.75 Å². The Balaban J connectivity index is 1.45. The minimum Gasteiger partial charge on any atom is -0.489 e. The molecule has 1 saturated carbocycles. The van der Waals surface area contributed by atoms with Crippen molar-refractivity contribution in [1.82, 2.24) is 20.1 Å². The van der Waals surface area contributed by atoms with Gasteiger partial charge in [0.25, 0.3) is 0 Å². The predicted molar refractivity (Wildman–Crippen MR) is 120 cm³/mol. The fourth-order valence-corrected chi connectivity index (χ4v) is 3.75. The number of hydrogen-bond donors (Lipinski definition) is 2. The molecule has 0 radical (unpaired) electrons. The molecular formula is C23H29FN6O2. The summed E-state index contributed by atoms with van der Waals surface area (Å²) in [7, 11) is 0. The summed E-state index contributed by atoms with van der Waals surface area (Å²) in [6.45, 7) is 6.06. The van der Waals surface area contributed by atoms with Crippen molar-refractivity contribution in [2.24, 2.45) is 0 Å². The molecule has 0 aliphatic heterocycles. The van der Waals surface area contributed by atoms with Gasteiger partial charge in [-0.3, -0.25) is 0 Å². The molecule has 0 atom stereocenters. The molecule has 3 aromatic heterocycles. The number of nitrogens with zero attached hydrogens (tertiary/aromatic N) is 4. The van der Waals surface area contributed by atoms with E-state index < -0.39 is 5.82 Å². The van der Waals surface area contributed by atoms with Gasteiger partial charge in [-0.1, -0.05) is 11.6 Å². The van der Waals surface area contributed by atoms with Crippen molar-refractivity contribution < 1.29 is 13.7 Å². The first-order valence-corrected chi connectivity index (χ1v) is 11.1. The van der Waals surface area contributed by atoms with E-state index in [4.69, 9.17) is 9.26 Å². The van der Waals surface area contributed by atoms with Crippen LogP contribution in [-0.4, -0.2) is 32.3 Å². The van der Waals surface area contributed by atoms with Crippen molar-refractivity contribution in [2.45, 2.75) is 71.6 Å². The molecule has 1 aliphatic rings. The number of halogens is 1. The van der Waals surface area contributed by atoms with Gasteiger partial charge in [-0.05, 0) is 58.6 Å². The Morgan fingerprint density at radius 2 is 1.97 bits per heavy atom. The van der Waals surface area contributed by atoms with E-state index in [1.54, 1.807) is 6.20 Å². The van der Waals surface area contributed by atoms with Gasteiger partial charge in [-0.2, -0.15) is 4.98 Å². The Hall–Kier alpha value is -3.23. The van der Waals surface area contributed by atoms with Crippen LogP contribution < -0.4 is 15.4 Å². The lowest BCUT2D eigenvalue weighted by Gasteiger charge is -2.22. The fraction of sp³-hybridized carbons (Fsp3) is 0.478. The highest BCUT2D eigenvalue weighted by Crippen LogP contribution is 2.28. The second-order valence-electron chi connectivity index (χ2n) is 8.38. The highest BCUT2D eigenvalue weighted by molar-refractivity contribution is 5.59. The molecule has 3 heterocycles. The molecule has 170 valence electrons. The number of anilines is 2. The van der Waals surface area contributed by atoms with Gasteiger partial charge in [0, 0.05) is 18.2 Å². The number of aromatic nitrogens is 4. The second-order valence-corrected chi connectivity index (χ2v) is 8.38. The van der Waals surface area contributed by atoms with Crippen molar-refractivity contribution >= 4 is 11.8 Å².